The third kappa shape index (κ3) is 27.8. The van der Waals surface area contributed by atoms with Crippen molar-refractivity contribution in [2.24, 2.45) is 0 Å². The summed E-state index contributed by atoms with van der Waals surface area (Å²) < 4.78 is 204. The predicted octanol–water partition coefficient (Wildman–Crippen LogP) is 13.2. The molecule has 0 saturated carbocycles. The number of β-amino-alcohol motifs (C(OH)–C–C–N with tert-alkyl or cyclic N) is 2. The second-order valence-electron chi connectivity index (χ2n) is 39.7. The number of hydrogen-bond acceptors (Lipinski definition) is 25. The maximum Gasteiger partial charge on any atom is 0.126 e. The fraction of sp³-hybridized carbons (Fsp3) is 0.464. The molecule has 12 heterocycles. The maximum atomic E-state index is 13.4. The van der Waals surface area contributed by atoms with Crippen molar-refractivity contribution in [3.63, 3.8) is 0 Å². The van der Waals surface area contributed by atoms with E-state index in [4.69, 9.17) is 56.8 Å². The van der Waals surface area contributed by atoms with Gasteiger partial charge >= 0.3 is 0 Å². The molecule has 0 bridgehead atoms. The number of halogens is 10. The van der Waals surface area contributed by atoms with Gasteiger partial charge < -0.3 is 114 Å². The van der Waals surface area contributed by atoms with Crippen LogP contribution in [0.15, 0.2) is 182 Å². The first-order valence-corrected chi connectivity index (χ1v) is 50.8. The number of aryl methyl sites for hydroxylation is 10. The average molecular weight is 2050 g/mol. The van der Waals surface area contributed by atoms with Crippen LogP contribution in [0.1, 0.15) is 120 Å². The molecule has 2 saturated heterocycles. The van der Waals surface area contributed by atoms with Crippen molar-refractivity contribution in [3.8, 4) is 57.5 Å². The lowest BCUT2D eigenvalue weighted by Gasteiger charge is -2.31. The van der Waals surface area contributed by atoms with Gasteiger partial charge in [0.05, 0.1) is 13.5 Å². The summed E-state index contributed by atoms with van der Waals surface area (Å²) in [6, 6.07) is 44.6. The maximum absolute atomic E-state index is 13.4. The van der Waals surface area contributed by atoms with Gasteiger partial charge in [-0.25, -0.2) is 43.9 Å². The highest BCUT2D eigenvalue weighted by Gasteiger charge is 2.42. The van der Waals surface area contributed by atoms with E-state index >= 15 is 0 Å². The molecular weight excluding hydrogens is 1930 g/mol. The Morgan fingerprint density at radius 1 is 0.211 bits per heavy atom. The molecule has 11 N–H and O–H groups in total. The van der Waals surface area contributed by atoms with E-state index in [2.05, 4.69) is 25.8 Å². The Morgan fingerprint density at radius 3 is 0.544 bits per heavy atom. The van der Waals surface area contributed by atoms with Gasteiger partial charge in [0.15, 0.2) is 0 Å². The van der Waals surface area contributed by atoms with E-state index in [0.29, 0.717) is 188 Å². The Balaban J connectivity index is 0.000000120. The Bertz CT molecular complexity index is 5420. The molecular formula is C112H125F10N5O20. The van der Waals surface area contributed by atoms with E-state index in [0.717, 1.165) is 92.8 Å². The van der Waals surface area contributed by atoms with Crippen molar-refractivity contribution in [1.82, 2.24) is 25.8 Å². The number of nitrogens with zero attached hydrogens (tertiary/aromatic N) is 2. The van der Waals surface area contributed by atoms with Crippen molar-refractivity contribution in [3.05, 3.63) is 296 Å². The molecule has 0 spiro atoms. The molecule has 788 valence electrons. The van der Waals surface area contributed by atoms with Crippen LogP contribution in [0.2, 0.25) is 0 Å². The first-order chi connectivity index (χ1) is 71.1. The summed E-state index contributed by atoms with van der Waals surface area (Å²) >= 11 is 0. The number of benzene rings is 10. The number of fused-ring (bicyclic) bond motifs is 10. The molecule has 20 atom stereocenters. The Kier molecular flexibility index (Phi) is 35.3. The van der Waals surface area contributed by atoms with Crippen LogP contribution in [0, 0.1) is 58.2 Å². The second kappa shape index (κ2) is 49.1. The van der Waals surface area contributed by atoms with Gasteiger partial charge in [-0.3, -0.25) is 9.80 Å². The molecule has 12 aliphatic heterocycles. The van der Waals surface area contributed by atoms with E-state index in [1.165, 1.54) is 121 Å². The number of ether oxygens (including phenoxy) is 12. The molecule has 2 fully saturated rings. The van der Waals surface area contributed by atoms with E-state index < -0.39 is 48.8 Å². The summed E-state index contributed by atoms with van der Waals surface area (Å²) in [5.41, 5.74) is 8.35. The van der Waals surface area contributed by atoms with Crippen molar-refractivity contribution >= 4 is 0 Å². The minimum absolute atomic E-state index is 0.0854. The van der Waals surface area contributed by atoms with Crippen LogP contribution < -0.4 is 63.3 Å². The molecule has 10 aromatic rings. The van der Waals surface area contributed by atoms with Gasteiger partial charge in [-0.2, -0.15) is 0 Å². The molecule has 0 radical (unpaired) electrons. The quantitative estimate of drug-likeness (QED) is 0.0224. The van der Waals surface area contributed by atoms with Gasteiger partial charge in [-0.1, -0.05) is 0 Å². The molecule has 22 rings (SSSR count). The van der Waals surface area contributed by atoms with Crippen molar-refractivity contribution < 1.29 is 142 Å². The number of rotatable bonds is 26. The zero-order chi connectivity index (χ0) is 102. The standard InChI is InChI=1S/2C23H25F2NO4.3C22H25F2NO4/c2*24-16-3-7-19-14(9-16)1-5-21(29-19)18(27)11-26-12-23(28-13-26)22-6-2-15-10-17(25)4-8-20(15)30-22;3*23-15-3-7-19-13(9-15)1-5-21(28-19)17(26)11-25-12-18(27)22-6-2-14-10-16(24)4-8-20(14)29-22/h2*3-4,7-10,18,21-23,27H,1-2,5-6,11-13H2;3*3-4,7-10,17-18,21-22,25-27H,1-2,5-6,11-12H2/t18-,21?,22+,23+;18-,21+,22?,23+;17-,18+,21+,22?;17-,18+,21-,22?;17-,18-,21-,22?/m00011/s1. The molecule has 0 amide bonds. The number of hydrogen-bond donors (Lipinski definition) is 11. The fourth-order valence-corrected chi connectivity index (χ4v) is 21.0. The summed E-state index contributed by atoms with van der Waals surface area (Å²) in [4.78, 5) is 4.12. The SMILES string of the molecule is O[C@@H](CN1CO[C@@H](C2CCc3cc(F)ccc3O2)C1)[C@H]1CCc2cc(F)ccc2O1.O[C@@H](CN1CO[C@@H]([C@H]2CCc3cc(F)ccc3O2)C1)C1CCc2cc(F)ccc2O1.O[C@H](CNC[C@@H](O)[C@H]1CCc2cc(F)ccc2O1)C1CCc2cc(F)ccc2O1.O[C@H](CNC[C@H](O)C1CCc2cc(F)ccc2O1)[C@H]1CCc2cc(F)ccc2O1.O[C@H](CNC[C@H](O)[C@H]1CCc2cc(F)ccc2O1)C1CCc2cc(F)ccc2O1. The van der Waals surface area contributed by atoms with Gasteiger partial charge in [-0.15, -0.1) is 0 Å². The molecule has 0 aliphatic carbocycles. The normalized spacial score (nSPS) is 24.4. The first-order valence-electron chi connectivity index (χ1n) is 50.8. The summed E-state index contributed by atoms with van der Waals surface area (Å²) in [5.74, 6) is 3.58. The largest absolute Gasteiger partial charge is 0.487 e. The van der Waals surface area contributed by atoms with Gasteiger partial charge in [0.25, 0.3) is 0 Å². The van der Waals surface area contributed by atoms with Gasteiger partial charge in [0, 0.05) is 65.4 Å². The van der Waals surface area contributed by atoms with Crippen LogP contribution in [0.3, 0.4) is 0 Å². The Labute approximate surface area is 845 Å². The van der Waals surface area contributed by atoms with Crippen LogP contribution in [0.25, 0.3) is 0 Å². The van der Waals surface area contributed by atoms with Gasteiger partial charge in [0.1, 0.15) is 238 Å². The highest BCUT2D eigenvalue weighted by molar-refractivity contribution is 5.44. The highest BCUT2D eigenvalue weighted by atomic mass is 19.2. The van der Waals surface area contributed by atoms with Crippen LogP contribution >= 0.6 is 0 Å². The van der Waals surface area contributed by atoms with E-state index in [-0.39, 0.29) is 171 Å². The molecule has 12 aliphatic rings. The topological polar surface area (TPSA) is 315 Å². The lowest BCUT2D eigenvalue weighted by molar-refractivity contribution is -0.0118. The summed E-state index contributed by atoms with van der Waals surface area (Å²) in [7, 11) is 0. The van der Waals surface area contributed by atoms with Crippen LogP contribution in [0.4, 0.5) is 43.9 Å². The van der Waals surface area contributed by atoms with Crippen LogP contribution in [-0.4, -0.2) is 252 Å². The molecule has 35 heteroatoms. The molecule has 10 aromatic carbocycles. The molecule has 0 aromatic heterocycles. The first kappa shape index (κ1) is 106. The van der Waals surface area contributed by atoms with E-state index in [9.17, 15) is 84.8 Å². The smallest absolute Gasteiger partial charge is 0.126 e. The molecule has 25 nitrogen and oxygen atoms in total. The zero-order valence-corrected chi connectivity index (χ0v) is 81.1. The summed E-state index contributed by atoms with van der Waals surface area (Å²) in [5, 5.41) is 93.1. The third-order valence-corrected chi connectivity index (χ3v) is 29.1. The Morgan fingerprint density at radius 2 is 0.367 bits per heavy atom. The fourth-order valence-electron chi connectivity index (χ4n) is 21.0. The number of aliphatic hydroxyl groups excluding tert-OH is 8. The minimum atomic E-state index is -0.753. The Hall–Kier alpha value is -11.1. The van der Waals surface area contributed by atoms with E-state index in [1.807, 2.05) is 0 Å². The summed E-state index contributed by atoms with van der Waals surface area (Å²) in [6.07, 6.45) is 4.04. The molecule has 147 heavy (non-hydrogen) atoms. The van der Waals surface area contributed by atoms with Crippen molar-refractivity contribution in [2.45, 2.75) is 250 Å². The minimum Gasteiger partial charge on any atom is -0.487 e. The van der Waals surface area contributed by atoms with Crippen LogP contribution in [0.5, 0.6) is 57.5 Å². The monoisotopic (exact) mass is 2050 g/mol. The third-order valence-electron chi connectivity index (χ3n) is 29.1. The second-order valence-corrected chi connectivity index (χ2v) is 39.7. The lowest BCUT2D eigenvalue weighted by Crippen LogP contribution is -2.46. The summed E-state index contributed by atoms with van der Waals surface area (Å²) in [6.45, 7) is 4.58. The zero-order valence-electron chi connectivity index (χ0n) is 81.1. The molecule has 5 unspecified atom stereocenters. The number of aliphatic hydroxyl groups is 8. The van der Waals surface area contributed by atoms with Crippen molar-refractivity contribution in [2.75, 3.05) is 78.9 Å². The average Bonchev–Trinajstić information content (AvgIpc) is 1.68. The number of nitrogens with one attached hydrogen (secondary N) is 3. The van der Waals surface area contributed by atoms with E-state index in [1.54, 1.807) is 60.7 Å². The predicted molar refractivity (Wildman–Crippen MR) is 521 cm³/mol. The van der Waals surface area contributed by atoms with Crippen molar-refractivity contribution in [1.29, 1.82) is 0 Å². The van der Waals surface area contributed by atoms with Gasteiger partial charge in [-0.05, 0) is 366 Å². The van der Waals surface area contributed by atoms with Gasteiger partial charge in [0.2, 0.25) is 0 Å². The lowest BCUT2D eigenvalue weighted by atomic mass is 9.98. The highest BCUT2D eigenvalue weighted by Crippen LogP contribution is 2.41. The van der Waals surface area contributed by atoms with Crippen LogP contribution in [-0.2, 0) is 73.7 Å².